The fourth-order valence-corrected chi connectivity index (χ4v) is 3.78. The van der Waals surface area contributed by atoms with E-state index in [2.05, 4.69) is 38.1 Å². The second-order valence-electron chi connectivity index (χ2n) is 8.87. The molecular formula is C28H50O5. The monoisotopic (exact) mass is 466 g/mol. The van der Waals surface area contributed by atoms with E-state index in [0.29, 0.717) is 58.8 Å². The normalized spacial score (nSPS) is 12.3. The van der Waals surface area contributed by atoms with Crippen molar-refractivity contribution in [3.05, 3.63) is 35.4 Å². The minimum absolute atomic E-state index is 0.0474. The molecule has 1 unspecified atom stereocenters. The maximum Gasteiger partial charge on any atom is 0.0718 e. The minimum atomic E-state index is 0.0474. The number of hydrogen-bond acceptors (Lipinski definition) is 5. The van der Waals surface area contributed by atoms with Crippen LogP contribution in [-0.4, -0.2) is 58.0 Å². The Morgan fingerprint density at radius 1 is 0.636 bits per heavy atom. The third kappa shape index (κ3) is 18.1. The van der Waals surface area contributed by atoms with Gasteiger partial charge in [0, 0.05) is 0 Å². The fourth-order valence-electron chi connectivity index (χ4n) is 3.78. The molecule has 0 aliphatic heterocycles. The van der Waals surface area contributed by atoms with Crippen molar-refractivity contribution in [3.8, 4) is 0 Å². The Bertz CT molecular complexity index is 520. The molecule has 192 valence electrons. The van der Waals surface area contributed by atoms with E-state index in [4.69, 9.17) is 24.1 Å². The number of rotatable bonds is 24. The van der Waals surface area contributed by atoms with Crippen molar-refractivity contribution >= 4 is 0 Å². The Labute approximate surface area is 203 Å². The Balaban J connectivity index is 1.97. The highest BCUT2D eigenvalue weighted by atomic mass is 16.6. The molecule has 5 heteroatoms. The first-order valence-corrected chi connectivity index (χ1v) is 13.3. The van der Waals surface area contributed by atoms with Crippen molar-refractivity contribution in [3.63, 3.8) is 0 Å². The Hall–Kier alpha value is -0.980. The smallest absolute Gasteiger partial charge is 0.0718 e. The molecule has 1 aromatic carbocycles. The van der Waals surface area contributed by atoms with Crippen LogP contribution in [0, 0.1) is 0 Å². The highest BCUT2D eigenvalue weighted by Gasteiger charge is 2.05. The van der Waals surface area contributed by atoms with Gasteiger partial charge in [0.25, 0.3) is 0 Å². The van der Waals surface area contributed by atoms with Crippen LogP contribution in [0.15, 0.2) is 24.3 Å². The second-order valence-corrected chi connectivity index (χ2v) is 8.87. The number of ether oxygens (including phenoxy) is 4. The quantitative estimate of drug-likeness (QED) is 0.182. The number of benzene rings is 1. The topological polar surface area (TPSA) is 57.2 Å². The zero-order valence-electron chi connectivity index (χ0n) is 21.4. The highest BCUT2D eigenvalue weighted by molar-refractivity contribution is 5.24. The molecule has 0 saturated carbocycles. The van der Waals surface area contributed by atoms with Crippen molar-refractivity contribution in [2.24, 2.45) is 0 Å². The number of hydrogen-bond donors (Lipinski definition) is 1. The summed E-state index contributed by atoms with van der Waals surface area (Å²) in [6.45, 7) is 8.92. The van der Waals surface area contributed by atoms with Crippen LogP contribution in [0.4, 0.5) is 0 Å². The van der Waals surface area contributed by atoms with Gasteiger partial charge in [-0.3, -0.25) is 0 Å². The lowest BCUT2D eigenvalue weighted by molar-refractivity contribution is -0.00743. The molecule has 1 aromatic rings. The van der Waals surface area contributed by atoms with Crippen molar-refractivity contribution in [2.75, 3.05) is 52.9 Å². The van der Waals surface area contributed by atoms with E-state index in [9.17, 15) is 0 Å². The first kappa shape index (κ1) is 30.1. The molecule has 5 nitrogen and oxygen atoms in total. The minimum Gasteiger partial charge on any atom is -0.394 e. The van der Waals surface area contributed by atoms with Gasteiger partial charge in [-0.15, -0.1) is 0 Å². The highest BCUT2D eigenvalue weighted by Crippen LogP contribution is 2.23. The molecule has 0 spiro atoms. The number of aliphatic hydroxyl groups is 1. The van der Waals surface area contributed by atoms with E-state index in [1.165, 1.54) is 75.3 Å². The lowest BCUT2D eigenvalue weighted by Gasteiger charge is -2.13. The molecule has 0 heterocycles. The Morgan fingerprint density at radius 2 is 1.12 bits per heavy atom. The third-order valence-electron chi connectivity index (χ3n) is 5.91. The Kier molecular flexibility index (Phi) is 20.8. The summed E-state index contributed by atoms with van der Waals surface area (Å²) in [6.07, 6.45) is 13.8. The van der Waals surface area contributed by atoms with E-state index in [0.717, 1.165) is 0 Å². The largest absolute Gasteiger partial charge is 0.394 e. The van der Waals surface area contributed by atoms with Gasteiger partial charge in [-0.1, -0.05) is 95.9 Å². The van der Waals surface area contributed by atoms with E-state index in [1.807, 2.05) is 0 Å². The lowest BCUT2D eigenvalue weighted by Crippen LogP contribution is -2.12. The summed E-state index contributed by atoms with van der Waals surface area (Å²) in [5, 5.41) is 8.59. The maximum absolute atomic E-state index is 8.59. The maximum atomic E-state index is 8.59. The average Bonchev–Trinajstić information content (AvgIpc) is 2.84. The molecule has 1 atom stereocenters. The molecule has 0 fully saturated rings. The van der Waals surface area contributed by atoms with Crippen molar-refractivity contribution < 1.29 is 24.1 Å². The first-order valence-electron chi connectivity index (χ1n) is 13.3. The number of aliphatic hydroxyl groups excluding tert-OH is 1. The van der Waals surface area contributed by atoms with Crippen LogP contribution < -0.4 is 0 Å². The van der Waals surface area contributed by atoms with Gasteiger partial charge >= 0.3 is 0 Å². The SMILES string of the molecule is CCCCCCCCCCCC(C)c1ccc(COCCOCCOCCOCCO)cc1. The summed E-state index contributed by atoms with van der Waals surface area (Å²) in [4.78, 5) is 0. The summed E-state index contributed by atoms with van der Waals surface area (Å²) in [5.41, 5.74) is 2.64. The van der Waals surface area contributed by atoms with Gasteiger partial charge in [0.1, 0.15) is 0 Å². The first-order chi connectivity index (χ1) is 16.3. The molecule has 0 aliphatic rings. The van der Waals surface area contributed by atoms with E-state index >= 15 is 0 Å². The van der Waals surface area contributed by atoms with Crippen LogP contribution in [0.5, 0.6) is 0 Å². The van der Waals surface area contributed by atoms with Gasteiger partial charge in [-0.2, -0.15) is 0 Å². The zero-order chi connectivity index (χ0) is 23.8. The van der Waals surface area contributed by atoms with E-state index < -0.39 is 0 Å². The molecule has 0 saturated heterocycles. The summed E-state index contributed by atoms with van der Waals surface area (Å²) in [5.74, 6) is 0.626. The zero-order valence-corrected chi connectivity index (χ0v) is 21.4. The summed E-state index contributed by atoms with van der Waals surface area (Å²) in [6, 6.07) is 8.90. The van der Waals surface area contributed by atoms with Gasteiger partial charge in [-0.25, -0.2) is 0 Å². The van der Waals surface area contributed by atoms with Crippen LogP contribution in [0.25, 0.3) is 0 Å². The summed E-state index contributed by atoms with van der Waals surface area (Å²) < 4.78 is 21.7. The molecule has 0 aliphatic carbocycles. The second kappa shape index (κ2) is 22.8. The van der Waals surface area contributed by atoms with Crippen molar-refractivity contribution in [1.82, 2.24) is 0 Å². The van der Waals surface area contributed by atoms with Gasteiger partial charge < -0.3 is 24.1 Å². The Morgan fingerprint density at radius 3 is 1.67 bits per heavy atom. The summed E-state index contributed by atoms with van der Waals surface area (Å²) in [7, 11) is 0. The number of unbranched alkanes of at least 4 members (excludes halogenated alkanes) is 8. The van der Waals surface area contributed by atoms with Gasteiger partial charge in [0.15, 0.2) is 0 Å². The molecule has 33 heavy (non-hydrogen) atoms. The molecule has 1 rings (SSSR count). The predicted octanol–water partition coefficient (Wildman–Crippen LogP) is 6.27. The van der Waals surface area contributed by atoms with Gasteiger partial charge in [-0.05, 0) is 23.5 Å². The standard InChI is InChI=1S/C28H50O5/c1-3-4-5-6-7-8-9-10-11-12-26(2)28-15-13-27(14-16-28)25-33-24-23-32-22-21-31-20-19-30-18-17-29/h13-16,26,29H,3-12,17-25H2,1-2H3. The molecule has 1 N–H and O–H groups in total. The third-order valence-corrected chi connectivity index (χ3v) is 5.91. The van der Waals surface area contributed by atoms with Crippen molar-refractivity contribution in [2.45, 2.75) is 90.6 Å². The van der Waals surface area contributed by atoms with Crippen LogP contribution >= 0.6 is 0 Å². The molecule has 0 bridgehead atoms. The molecule has 0 amide bonds. The fraction of sp³-hybridized carbons (Fsp3) is 0.786. The lowest BCUT2D eigenvalue weighted by atomic mass is 9.94. The van der Waals surface area contributed by atoms with Crippen LogP contribution in [0.3, 0.4) is 0 Å². The summed E-state index contributed by atoms with van der Waals surface area (Å²) >= 11 is 0. The average molecular weight is 467 g/mol. The molecule has 0 radical (unpaired) electrons. The van der Waals surface area contributed by atoms with E-state index in [-0.39, 0.29) is 6.61 Å². The van der Waals surface area contributed by atoms with Gasteiger partial charge in [0.2, 0.25) is 0 Å². The van der Waals surface area contributed by atoms with Gasteiger partial charge in [0.05, 0.1) is 59.5 Å². The van der Waals surface area contributed by atoms with Crippen LogP contribution in [-0.2, 0) is 25.6 Å². The predicted molar refractivity (Wildman–Crippen MR) is 136 cm³/mol. The van der Waals surface area contributed by atoms with E-state index in [1.54, 1.807) is 0 Å². The molecular weight excluding hydrogens is 416 g/mol. The van der Waals surface area contributed by atoms with Crippen molar-refractivity contribution in [1.29, 1.82) is 0 Å². The van der Waals surface area contributed by atoms with Crippen LogP contribution in [0.1, 0.15) is 95.1 Å². The van der Waals surface area contributed by atoms with Crippen LogP contribution in [0.2, 0.25) is 0 Å². The molecule has 0 aromatic heterocycles.